The summed E-state index contributed by atoms with van der Waals surface area (Å²) in [7, 11) is 0. The number of fused-ring (bicyclic) bond motifs is 2. The minimum atomic E-state index is -2.16. The Morgan fingerprint density at radius 2 is 1.03 bits per heavy atom. The van der Waals surface area contributed by atoms with Crippen LogP contribution in [0.25, 0.3) is 64.2 Å². The lowest BCUT2D eigenvalue weighted by Gasteiger charge is -2.16. The Balaban J connectivity index is 1.71. The van der Waals surface area contributed by atoms with Crippen molar-refractivity contribution in [1.82, 2.24) is 0 Å². The van der Waals surface area contributed by atoms with Gasteiger partial charge in [0.2, 0.25) is 11.4 Å². The summed E-state index contributed by atoms with van der Waals surface area (Å²) >= 11 is 0. The number of halogens is 8. The van der Waals surface area contributed by atoms with Crippen LogP contribution in [-0.2, 0) is 0 Å². The standard InChI is InChI=1S/C46H10F8N8/c1-59-22-11-9-21(10-12-22)31-32(28(17-57)34-38(49)42(53)46(62-4)43(54)39(34)50)25-13-23-24(14-26(25)44(31)60-2)33(30(27(23)16-56)20-7-5-19(15-55)6-8-20)45(61-3)35-40(51)36(47)29(18-58)37(48)41(35)52/h5-14H/b32-28-,45-33+. The Kier molecular flexibility index (Phi) is 10.0. The van der Waals surface area contributed by atoms with Crippen LogP contribution in [0.2, 0.25) is 0 Å². The summed E-state index contributed by atoms with van der Waals surface area (Å²) in [5, 5.41) is 40.0. The zero-order chi connectivity index (χ0) is 44.9. The summed E-state index contributed by atoms with van der Waals surface area (Å²) in [6.45, 7) is 30.8. The highest BCUT2D eigenvalue weighted by Gasteiger charge is 2.40. The van der Waals surface area contributed by atoms with Crippen LogP contribution in [0.4, 0.5) is 46.5 Å². The lowest BCUT2D eigenvalue weighted by molar-refractivity contribution is 0.447. The van der Waals surface area contributed by atoms with Gasteiger partial charge in [-0.1, -0.05) is 42.5 Å². The van der Waals surface area contributed by atoms with E-state index in [1.165, 1.54) is 48.5 Å². The highest BCUT2D eigenvalue weighted by molar-refractivity contribution is 6.33. The van der Waals surface area contributed by atoms with E-state index in [9.17, 15) is 21.0 Å². The van der Waals surface area contributed by atoms with Crippen molar-refractivity contribution >= 4 is 56.2 Å². The molecule has 2 aliphatic rings. The molecular formula is C46H10F8N8. The molecular weight excluding hydrogens is 817 g/mol. The molecule has 0 saturated carbocycles. The molecule has 62 heavy (non-hydrogen) atoms. The Morgan fingerprint density at radius 3 is 1.52 bits per heavy atom. The maximum atomic E-state index is 15.8. The molecule has 0 aliphatic heterocycles. The van der Waals surface area contributed by atoms with E-state index in [4.69, 9.17) is 26.3 Å². The predicted octanol–water partition coefficient (Wildman–Crippen LogP) is 12.1. The summed E-state index contributed by atoms with van der Waals surface area (Å²) in [5.74, 6) is -17.2. The van der Waals surface area contributed by atoms with E-state index in [-0.39, 0.29) is 55.8 Å². The highest BCUT2D eigenvalue weighted by Crippen LogP contribution is 2.57. The second-order valence-corrected chi connectivity index (χ2v) is 12.9. The van der Waals surface area contributed by atoms with Gasteiger partial charge in [-0.15, -0.1) is 0 Å². The van der Waals surface area contributed by atoms with Crippen LogP contribution in [0, 0.1) is 118 Å². The average Bonchev–Trinajstić information content (AvgIpc) is 3.78. The third-order valence-electron chi connectivity index (χ3n) is 9.94. The van der Waals surface area contributed by atoms with Crippen LogP contribution in [0.5, 0.6) is 0 Å². The molecule has 0 aromatic heterocycles. The lowest BCUT2D eigenvalue weighted by Crippen LogP contribution is -2.07. The van der Waals surface area contributed by atoms with E-state index in [2.05, 4.69) is 19.4 Å². The van der Waals surface area contributed by atoms with Crippen LogP contribution >= 0.6 is 0 Å². The molecule has 0 heterocycles. The molecule has 0 atom stereocenters. The smallest absolute Gasteiger partial charge is 0.238 e. The lowest BCUT2D eigenvalue weighted by atomic mass is 9.87. The molecule has 7 rings (SSSR count). The minimum Gasteiger partial charge on any atom is -0.238 e. The Bertz CT molecular complexity index is 3160. The fraction of sp³-hybridized carbons (Fsp3) is 0. The summed E-state index contributed by atoms with van der Waals surface area (Å²) < 4.78 is 124. The van der Waals surface area contributed by atoms with Gasteiger partial charge in [-0.2, -0.15) is 21.0 Å². The molecule has 0 bridgehead atoms. The summed E-state index contributed by atoms with van der Waals surface area (Å²) in [4.78, 5) is 12.6. The fourth-order valence-corrected chi connectivity index (χ4v) is 7.27. The SMILES string of the molecule is [C-]#[N+]C1=C(c2ccc([N+]#[C-])cc2)/C(=C(/C#N)c2c(F)c(F)c([N+]#[C-])c(F)c2F)c2cc3c(cc21)/C(=C(\[N+]#[C-])c1c(F)c(F)c(C#N)c(F)c1F)C(c1ccc(C#N)cc1)=C3C#N. The van der Waals surface area contributed by atoms with Crippen LogP contribution in [0.1, 0.15) is 55.6 Å². The van der Waals surface area contributed by atoms with Crippen molar-refractivity contribution in [2.45, 2.75) is 0 Å². The van der Waals surface area contributed by atoms with E-state index in [1.54, 1.807) is 6.07 Å². The monoisotopic (exact) mass is 826 g/mol. The van der Waals surface area contributed by atoms with Crippen molar-refractivity contribution in [1.29, 1.82) is 21.0 Å². The van der Waals surface area contributed by atoms with Crippen molar-refractivity contribution in [2.75, 3.05) is 0 Å². The molecule has 0 spiro atoms. The first-order valence-corrected chi connectivity index (χ1v) is 17.0. The summed E-state index contributed by atoms with van der Waals surface area (Å²) in [6, 6.07) is 18.7. The molecule has 0 fully saturated rings. The van der Waals surface area contributed by atoms with Crippen LogP contribution in [0.15, 0.2) is 60.7 Å². The largest absolute Gasteiger partial charge is 0.262 e. The van der Waals surface area contributed by atoms with Gasteiger partial charge in [0.1, 0.15) is 23.8 Å². The number of hydrogen-bond acceptors (Lipinski definition) is 4. The Morgan fingerprint density at radius 1 is 0.500 bits per heavy atom. The molecule has 0 amide bonds. The number of nitriles is 4. The number of nitrogens with zero attached hydrogens (tertiary/aromatic N) is 8. The van der Waals surface area contributed by atoms with E-state index in [0.29, 0.717) is 0 Å². The van der Waals surface area contributed by atoms with Gasteiger partial charge in [0.25, 0.3) is 5.69 Å². The first kappa shape index (κ1) is 40.6. The van der Waals surface area contributed by atoms with Gasteiger partial charge in [0.15, 0.2) is 52.2 Å². The number of benzene rings is 5. The maximum Gasteiger partial charge on any atom is 0.262 e. The van der Waals surface area contributed by atoms with Crippen LogP contribution < -0.4 is 0 Å². The summed E-state index contributed by atoms with van der Waals surface area (Å²) in [5.41, 5.74) is -12.3. The van der Waals surface area contributed by atoms with E-state index < -0.39 is 103 Å². The van der Waals surface area contributed by atoms with E-state index >= 15 is 35.1 Å². The quantitative estimate of drug-likeness (QED) is 0.0777. The Labute approximate surface area is 344 Å². The molecule has 0 N–H and O–H groups in total. The van der Waals surface area contributed by atoms with Gasteiger partial charge in [-0.05, 0) is 73.9 Å². The van der Waals surface area contributed by atoms with Crippen LogP contribution in [-0.4, -0.2) is 0 Å². The second kappa shape index (κ2) is 15.3. The van der Waals surface area contributed by atoms with E-state index in [1.807, 2.05) is 12.1 Å². The normalized spacial score (nSPS) is 13.9. The molecule has 5 aromatic carbocycles. The fourth-order valence-electron chi connectivity index (χ4n) is 7.27. The van der Waals surface area contributed by atoms with Gasteiger partial charge in [0, 0.05) is 0 Å². The van der Waals surface area contributed by atoms with Gasteiger partial charge < -0.3 is 0 Å². The zero-order valence-electron chi connectivity index (χ0n) is 30.4. The van der Waals surface area contributed by atoms with Gasteiger partial charge >= 0.3 is 0 Å². The van der Waals surface area contributed by atoms with Crippen molar-refractivity contribution in [3.05, 3.63) is 209 Å². The van der Waals surface area contributed by atoms with Crippen molar-refractivity contribution in [3.63, 3.8) is 0 Å². The van der Waals surface area contributed by atoms with Crippen molar-refractivity contribution < 1.29 is 35.1 Å². The van der Waals surface area contributed by atoms with Gasteiger partial charge in [-0.3, -0.25) is 0 Å². The van der Waals surface area contributed by atoms with Crippen LogP contribution in [0.3, 0.4) is 0 Å². The van der Waals surface area contributed by atoms with Gasteiger partial charge in [0.05, 0.1) is 60.2 Å². The van der Waals surface area contributed by atoms with Crippen molar-refractivity contribution in [3.8, 4) is 24.3 Å². The first-order chi connectivity index (χ1) is 29.8. The topological polar surface area (TPSA) is 113 Å². The Hall–Kier alpha value is -9.58. The third-order valence-corrected chi connectivity index (χ3v) is 9.94. The average molecular weight is 827 g/mol. The third kappa shape index (κ3) is 5.74. The molecule has 2 aliphatic carbocycles. The molecule has 0 radical (unpaired) electrons. The first-order valence-electron chi connectivity index (χ1n) is 17.0. The number of rotatable bonds is 4. The molecule has 290 valence electrons. The molecule has 16 heteroatoms. The minimum absolute atomic E-state index is 0.00153. The van der Waals surface area contributed by atoms with Crippen molar-refractivity contribution in [2.24, 2.45) is 0 Å². The zero-order valence-corrected chi connectivity index (χ0v) is 30.4. The second-order valence-electron chi connectivity index (χ2n) is 12.9. The molecule has 0 unspecified atom stereocenters. The number of hydrogen-bond donors (Lipinski definition) is 0. The van der Waals surface area contributed by atoms with Gasteiger partial charge in [-0.25, -0.2) is 54.5 Å². The molecule has 8 nitrogen and oxygen atoms in total. The molecule has 0 saturated heterocycles. The summed E-state index contributed by atoms with van der Waals surface area (Å²) in [6.07, 6.45) is 0. The number of allylic oxidation sites excluding steroid dienone is 6. The van der Waals surface area contributed by atoms with E-state index in [0.717, 1.165) is 18.2 Å². The predicted molar refractivity (Wildman–Crippen MR) is 206 cm³/mol. The molecule has 5 aromatic rings. The highest BCUT2D eigenvalue weighted by atomic mass is 19.2. The maximum absolute atomic E-state index is 15.8.